The van der Waals surface area contributed by atoms with Gasteiger partial charge in [-0.1, -0.05) is 35.9 Å². The van der Waals surface area contributed by atoms with Gasteiger partial charge in [0, 0.05) is 40.7 Å². The van der Waals surface area contributed by atoms with Crippen LogP contribution in [0.15, 0.2) is 60.7 Å². The molecule has 0 aliphatic carbocycles. The van der Waals surface area contributed by atoms with E-state index in [-0.39, 0.29) is 63.7 Å². The third-order valence-electron chi connectivity index (χ3n) is 10.0. The number of halogens is 6. The SMILES string of the molecule is COc1ccc(CN(Cc2ccc(OC)cc2)c2cc(Cl)c(I)c(-c3c(F)cc4c(N5C[C@H]6CC[C@@H](C5)N6C(=O)OC(C)(C)C)nc(F)nc4c3F)c2F)cc1. The molecule has 7 rings (SSSR count). The van der Waals surface area contributed by atoms with E-state index in [0.717, 1.165) is 17.2 Å². The summed E-state index contributed by atoms with van der Waals surface area (Å²) in [7, 11) is 3.11. The van der Waals surface area contributed by atoms with Gasteiger partial charge >= 0.3 is 12.2 Å². The highest BCUT2D eigenvalue weighted by Gasteiger charge is 2.45. The minimum atomic E-state index is -1.26. The highest BCUT2D eigenvalue weighted by molar-refractivity contribution is 14.1. The lowest BCUT2D eigenvalue weighted by Crippen LogP contribution is -2.57. The van der Waals surface area contributed by atoms with Gasteiger partial charge in [-0.15, -0.1) is 0 Å². The maximum atomic E-state index is 17.2. The number of carbonyl (C=O) groups excluding carboxylic acids is 1. The van der Waals surface area contributed by atoms with Crippen LogP contribution in [0.1, 0.15) is 44.7 Å². The molecule has 2 atom stereocenters. The van der Waals surface area contributed by atoms with Gasteiger partial charge in [0.15, 0.2) is 11.6 Å². The van der Waals surface area contributed by atoms with Gasteiger partial charge in [-0.05, 0) is 104 Å². The summed E-state index contributed by atoms with van der Waals surface area (Å²) in [5, 5.41) is -0.0353. The van der Waals surface area contributed by atoms with Crippen LogP contribution < -0.4 is 19.3 Å². The minimum absolute atomic E-state index is 0.0103. The van der Waals surface area contributed by atoms with Crippen molar-refractivity contribution < 1.29 is 36.6 Å². The van der Waals surface area contributed by atoms with E-state index in [1.165, 1.54) is 6.07 Å². The number of hydrogen-bond acceptors (Lipinski definition) is 8. The Morgan fingerprint density at radius 2 is 1.41 bits per heavy atom. The van der Waals surface area contributed by atoms with Gasteiger partial charge in [-0.2, -0.15) is 14.4 Å². The van der Waals surface area contributed by atoms with E-state index in [1.54, 1.807) is 96.5 Å². The van der Waals surface area contributed by atoms with Crippen LogP contribution in [0.2, 0.25) is 5.02 Å². The first-order valence-corrected chi connectivity index (χ1v) is 19.4. The van der Waals surface area contributed by atoms with Gasteiger partial charge in [-0.3, -0.25) is 4.90 Å². The van der Waals surface area contributed by atoms with E-state index in [4.69, 9.17) is 25.8 Å². The van der Waals surface area contributed by atoms with Crippen LogP contribution in [0.25, 0.3) is 22.0 Å². The average Bonchev–Trinajstić information content (AvgIpc) is 3.43. The van der Waals surface area contributed by atoms with Crippen molar-refractivity contribution in [2.24, 2.45) is 0 Å². The first-order valence-electron chi connectivity index (χ1n) is 18.0. The number of rotatable bonds is 9. The molecule has 2 saturated heterocycles. The molecule has 0 spiro atoms. The van der Waals surface area contributed by atoms with Crippen molar-refractivity contribution in [2.75, 3.05) is 37.1 Å². The lowest BCUT2D eigenvalue weighted by molar-refractivity contribution is 0.0122. The number of aromatic nitrogens is 2. The van der Waals surface area contributed by atoms with E-state index in [9.17, 15) is 4.79 Å². The molecule has 2 aliphatic rings. The van der Waals surface area contributed by atoms with E-state index < -0.39 is 51.9 Å². The molecule has 5 aromatic rings. The first kappa shape index (κ1) is 39.7. The Morgan fingerprint density at radius 1 is 0.857 bits per heavy atom. The lowest BCUT2D eigenvalue weighted by atomic mass is 9.99. The molecule has 1 aromatic heterocycles. The third kappa shape index (κ3) is 7.86. The van der Waals surface area contributed by atoms with Crippen LogP contribution in [0.4, 0.5) is 33.9 Å². The highest BCUT2D eigenvalue weighted by Crippen LogP contribution is 2.44. The molecule has 9 nitrogen and oxygen atoms in total. The maximum Gasteiger partial charge on any atom is 0.410 e. The topological polar surface area (TPSA) is 80.3 Å². The lowest BCUT2D eigenvalue weighted by Gasteiger charge is -2.42. The average molecular weight is 904 g/mol. The van der Waals surface area contributed by atoms with Crippen molar-refractivity contribution >= 4 is 62.7 Å². The van der Waals surface area contributed by atoms with Gasteiger partial charge in [-0.25, -0.2) is 18.0 Å². The predicted octanol–water partition coefficient (Wildman–Crippen LogP) is 9.92. The third-order valence-corrected chi connectivity index (χ3v) is 11.8. The van der Waals surface area contributed by atoms with Crippen LogP contribution in [-0.4, -0.2) is 66.0 Å². The van der Waals surface area contributed by atoms with Gasteiger partial charge < -0.3 is 24.0 Å². The van der Waals surface area contributed by atoms with Crippen LogP contribution in [0.5, 0.6) is 11.5 Å². The highest BCUT2D eigenvalue weighted by atomic mass is 127. The predicted molar refractivity (Wildman–Crippen MR) is 216 cm³/mol. The Balaban J connectivity index is 1.30. The fourth-order valence-electron chi connectivity index (χ4n) is 7.48. The van der Waals surface area contributed by atoms with Crippen LogP contribution >= 0.6 is 34.2 Å². The summed E-state index contributed by atoms with van der Waals surface area (Å²) in [4.78, 5) is 25.9. The molecule has 2 fully saturated rings. The monoisotopic (exact) mass is 903 g/mol. The molecule has 3 heterocycles. The second kappa shape index (κ2) is 15.8. The number of carbonyl (C=O) groups is 1. The number of methoxy groups -OCH3 is 2. The molecular weight excluding hydrogens is 865 g/mol. The smallest absolute Gasteiger partial charge is 0.410 e. The Kier molecular flexibility index (Phi) is 11.2. The normalized spacial score (nSPS) is 16.7. The Hall–Kier alpha value is -4.57. The summed E-state index contributed by atoms with van der Waals surface area (Å²) in [6.45, 7) is 6.20. The summed E-state index contributed by atoms with van der Waals surface area (Å²) in [5.41, 5.74) is -0.783. The van der Waals surface area contributed by atoms with Gasteiger partial charge in [0.2, 0.25) is 0 Å². The Labute approximate surface area is 340 Å². The molecule has 1 amide bonds. The molecule has 0 saturated carbocycles. The second-order valence-corrected chi connectivity index (χ2v) is 16.4. The summed E-state index contributed by atoms with van der Waals surface area (Å²) < 4.78 is 82.1. The van der Waals surface area contributed by atoms with Crippen molar-refractivity contribution in [3.63, 3.8) is 0 Å². The van der Waals surface area contributed by atoms with E-state index in [1.807, 2.05) is 24.3 Å². The number of nitrogens with zero attached hydrogens (tertiary/aromatic N) is 5. The molecule has 294 valence electrons. The minimum Gasteiger partial charge on any atom is -0.497 e. The van der Waals surface area contributed by atoms with Crippen LogP contribution in [0.3, 0.4) is 0 Å². The van der Waals surface area contributed by atoms with Gasteiger partial charge in [0.25, 0.3) is 0 Å². The number of benzene rings is 4. The Bertz CT molecular complexity index is 2230. The summed E-state index contributed by atoms with van der Waals surface area (Å²) in [6, 6.07) is 16.3. The summed E-state index contributed by atoms with van der Waals surface area (Å²) >= 11 is 8.50. The van der Waals surface area contributed by atoms with Gasteiger partial charge in [0.05, 0.1) is 42.6 Å². The molecule has 0 radical (unpaired) electrons. The van der Waals surface area contributed by atoms with Crippen LogP contribution in [-0.2, 0) is 17.8 Å². The quantitative estimate of drug-likeness (QED) is 0.0627. The summed E-state index contributed by atoms with van der Waals surface area (Å²) in [5.74, 6) is -2.04. The fourth-order valence-corrected chi connectivity index (χ4v) is 8.34. The standard InChI is InChI=1S/C41H39ClF4IN5O4/c1-41(2,3)56-40(53)52-24-10-11-25(52)21-51(20-24)38-28-16-30(43)32(35(45)37(28)48-39(46)49-38)33-34(44)31(17-29(42)36(33)47)50(18-22-6-12-26(54-4)13-7-22)19-23-8-14-27(55-5)15-9-23/h6-9,12-17,24-25H,10-11,18-21H2,1-5H3/t24-,25+. The maximum absolute atomic E-state index is 17.2. The van der Waals surface area contributed by atoms with Crippen molar-refractivity contribution in [2.45, 2.75) is 64.4 Å². The van der Waals surface area contributed by atoms with Crippen molar-refractivity contribution in [3.05, 3.63) is 104 Å². The fraction of sp³-hybridized carbons (Fsp3) is 0.341. The molecule has 2 aliphatic heterocycles. The number of ether oxygens (including phenoxy) is 3. The molecule has 4 aromatic carbocycles. The second-order valence-electron chi connectivity index (χ2n) is 14.9. The molecule has 2 bridgehead atoms. The molecule has 0 N–H and O–H groups in total. The number of piperazine rings is 1. The molecule has 15 heteroatoms. The van der Waals surface area contributed by atoms with Crippen LogP contribution in [0, 0.1) is 27.1 Å². The largest absolute Gasteiger partial charge is 0.497 e. The summed E-state index contributed by atoms with van der Waals surface area (Å²) in [6.07, 6.45) is -0.351. The van der Waals surface area contributed by atoms with Crippen molar-refractivity contribution in [3.8, 4) is 22.6 Å². The molecule has 56 heavy (non-hydrogen) atoms. The number of hydrogen-bond donors (Lipinski definition) is 0. The number of amides is 1. The zero-order valence-electron chi connectivity index (χ0n) is 31.3. The zero-order valence-corrected chi connectivity index (χ0v) is 34.2. The van der Waals surface area contributed by atoms with E-state index in [0.29, 0.717) is 24.3 Å². The Morgan fingerprint density at radius 3 is 1.93 bits per heavy atom. The van der Waals surface area contributed by atoms with Crippen molar-refractivity contribution in [1.29, 1.82) is 0 Å². The molecular formula is C41H39ClF4IN5O4. The number of fused-ring (bicyclic) bond motifs is 3. The molecule has 0 unspecified atom stereocenters. The van der Waals surface area contributed by atoms with Gasteiger partial charge in [0.1, 0.15) is 34.3 Å². The first-order chi connectivity index (χ1) is 26.6. The zero-order chi connectivity index (χ0) is 40.1. The number of anilines is 2. The van der Waals surface area contributed by atoms with E-state index >= 15 is 17.6 Å². The van der Waals surface area contributed by atoms with E-state index in [2.05, 4.69) is 9.97 Å². The van der Waals surface area contributed by atoms with Crippen molar-refractivity contribution in [1.82, 2.24) is 14.9 Å².